The topological polar surface area (TPSA) is 49.4 Å². The molecule has 4 rings (SSSR count). The highest BCUT2D eigenvalue weighted by Crippen LogP contribution is 2.25. The van der Waals surface area contributed by atoms with E-state index in [0.717, 1.165) is 47.9 Å². The van der Waals surface area contributed by atoms with Crippen LogP contribution in [-0.2, 0) is 28.3 Å². The van der Waals surface area contributed by atoms with Crippen molar-refractivity contribution in [2.45, 2.75) is 69.8 Å². The van der Waals surface area contributed by atoms with E-state index in [4.69, 9.17) is 23.2 Å². The first-order valence-electron chi connectivity index (χ1n) is 13.6. The second-order valence-corrected chi connectivity index (χ2v) is 12.1. The Hall–Kier alpha value is -2.47. The van der Waals surface area contributed by atoms with Crippen molar-refractivity contribution in [1.29, 1.82) is 0 Å². The third kappa shape index (κ3) is 9.02. The summed E-state index contributed by atoms with van der Waals surface area (Å²) in [4.78, 5) is 29.5. The fourth-order valence-corrected chi connectivity index (χ4v) is 6.25. The number of nitrogens with zero attached hydrogens (tertiary/aromatic N) is 1. The molecule has 206 valence electrons. The number of thioether (sulfide) groups is 1. The maximum Gasteiger partial charge on any atom is 0.243 e. The molecule has 1 saturated carbocycles. The number of carbonyl (C=O) groups is 2. The molecule has 3 aromatic carbocycles. The number of nitrogens with one attached hydrogen (secondary N) is 1. The van der Waals surface area contributed by atoms with Crippen LogP contribution >= 0.6 is 35.0 Å². The molecular weight excluding hydrogens is 547 g/mol. The van der Waals surface area contributed by atoms with Gasteiger partial charge in [-0.05, 0) is 48.6 Å². The van der Waals surface area contributed by atoms with E-state index in [9.17, 15) is 9.59 Å². The van der Waals surface area contributed by atoms with Crippen LogP contribution in [0.1, 0.15) is 54.4 Å². The number of hydrogen-bond acceptors (Lipinski definition) is 3. The Morgan fingerprint density at radius 3 is 2.36 bits per heavy atom. The Morgan fingerprint density at radius 1 is 0.897 bits per heavy atom. The molecule has 1 aliphatic rings. The Kier molecular flexibility index (Phi) is 11.2. The van der Waals surface area contributed by atoms with Crippen molar-refractivity contribution < 1.29 is 9.59 Å². The minimum absolute atomic E-state index is 0.0544. The Balaban J connectivity index is 1.56. The normalized spacial score (nSPS) is 14.5. The van der Waals surface area contributed by atoms with Crippen molar-refractivity contribution in [2.24, 2.45) is 0 Å². The van der Waals surface area contributed by atoms with Gasteiger partial charge in [-0.15, -0.1) is 11.8 Å². The highest BCUT2D eigenvalue weighted by Gasteiger charge is 2.31. The van der Waals surface area contributed by atoms with Crippen LogP contribution in [0.15, 0.2) is 72.8 Å². The van der Waals surface area contributed by atoms with Crippen LogP contribution in [0.4, 0.5) is 0 Å². The molecule has 0 bridgehead atoms. The van der Waals surface area contributed by atoms with Gasteiger partial charge in [0.15, 0.2) is 0 Å². The number of carbonyl (C=O) groups excluding carboxylic acids is 2. The van der Waals surface area contributed by atoms with Crippen LogP contribution in [0.3, 0.4) is 0 Å². The Bertz CT molecular complexity index is 1250. The molecule has 0 spiro atoms. The van der Waals surface area contributed by atoms with Crippen LogP contribution < -0.4 is 5.32 Å². The summed E-state index contributed by atoms with van der Waals surface area (Å²) in [7, 11) is 0. The lowest BCUT2D eigenvalue weighted by atomic mass is 9.94. The molecule has 7 heteroatoms. The van der Waals surface area contributed by atoms with Crippen molar-refractivity contribution in [3.63, 3.8) is 0 Å². The molecule has 1 fully saturated rings. The largest absolute Gasteiger partial charge is 0.352 e. The molecule has 2 amide bonds. The summed E-state index contributed by atoms with van der Waals surface area (Å²) in [5.41, 5.74) is 4.18. The monoisotopic (exact) mass is 582 g/mol. The number of halogens is 2. The second-order valence-electron chi connectivity index (χ2n) is 10.3. The Morgan fingerprint density at radius 2 is 1.64 bits per heavy atom. The zero-order valence-corrected chi connectivity index (χ0v) is 24.7. The molecule has 4 nitrogen and oxygen atoms in total. The zero-order valence-electron chi connectivity index (χ0n) is 22.4. The highest BCUT2D eigenvalue weighted by atomic mass is 35.5. The second kappa shape index (κ2) is 14.8. The van der Waals surface area contributed by atoms with Crippen LogP contribution in [0, 0.1) is 6.92 Å². The van der Waals surface area contributed by atoms with Gasteiger partial charge in [-0.2, -0.15) is 0 Å². The molecule has 0 heterocycles. The summed E-state index contributed by atoms with van der Waals surface area (Å²) in [5, 5.41) is 4.32. The molecule has 0 aliphatic heterocycles. The van der Waals surface area contributed by atoms with Gasteiger partial charge in [0.2, 0.25) is 11.8 Å². The van der Waals surface area contributed by atoms with Gasteiger partial charge >= 0.3 is 0 Å². The number of amides is 2. The van der Waals surface area contributed by atoms with Crippen molar-refractivity contribution in [2.75, 3.05) is 5.75 Å². The zero-order chi connectivity index (χ0) is 27.6. The van der Waals surface area contributed by atoms with E-state index in [0.29, 0.717) is 28.8 Å². The lowest BCUT2D eigenvalue weighted by Gasteiger charge is -2.33. The number of benzene rings is 3. The van der Waals surface area contributed by atoms with E-state index < -0.39 is 6.04 Å². The quantitative estimate of drug-likeness (QED) is 0.253. The van der Waals surface area contributed by atoms with Gasteiger partial charge in [0.25, 0.3) is 0 Å². The van der Waals surface area contributed by atoms with E-state index in [1.807, 2.05) is 67.6 Å². The average Bonchev–Trinajstić information content (AvgIpc) is 2.93. The van der Waals surface area contributed by atoms with Gasteiger partial charge in [-0.1, -0.05) is 109 Å². The summed E-state index contributed by atoms with van der Waals surface area (Å²) in [6.45, 7) is 2.42. The third-order valence-corrected chi connectivity index (χ3v) is 8.86. The SMILES string of the molecule is Cc1cccc(CN(C(=O)CSCc2ccc(Cl)c(Cl)c2)[C@H](Cc2ccccc2)C(=O)NC2CCCCC2)c1. The maximum absolute atomic E-state index is 13.9. The summed E-state index contributed by atoms with van der Waals surface area (Å²) in [6, 6.07) is 23.2. The first kappa shape index (κ1) is 29.5. The average molecular weight is 584 g/mol. The molecular formula is C32H36Cl2N2O2S. The van der Waals surface area contributed by atoms with Gasteiger partial charge in [0, 0.05) is 24.8 Å². The summed E-state index contributed by atoms with van der Waals surface area (Å²) in [6.07, 6.45) is 5.93. The maximum atomic E-state index is 13.9. The van der Waals surface area contributed by atoms with Crippen LogP contribution in [-0.4, -0.2) is 34.6 Å². The molecule has 0 unspecified atom stereocenters. The van der Waals surface area contributed by atoms with Crippen molar-refractivity contribution in [3.8, 4) is 0 Å². The van der Waals surface area contributed by atoms with Gasteiger partial charge in [-0.3, -0.25) is 9.59 Å². The van der Waals surface area contributed by atoms with Gasteiger partial charge in [0.05, 0.1) is 15.8 Å². The predicted octanol–water partition coefficient (Wildman–Crippen LogP) is 7.62. The molecule has 3 aromatic rings. The minimum Gasteiger partial charge on any atom is -0.352 e. The summed E-state index contributed by atoms with van der Waals surface area (Å²) >= 11 is 13.8. The number of aryl methyl sites for hydroxylation is 1. The molecule has 0 saturated heterocycles. The highest BCUT2D eigenvalue weighted by molar-refractivity contribution is 7.99. The van der Waals surface area contributed by atoms with Crippen molar-refractivity contribution in [1.82, 2.24) is 10.2 Å². The molecule has 1 N–H and O–H groups in total. The fourth-order valence-electron chi connectivity index (χ4n) is 5.07. The molecule has 0 aromatic heterocycles. The van der Waals surface area contributed by atoms with Gasteiger partial charge < -0.3 is 10.2 Å². The first-order chi connectivity index (χ1) is 18.9. The summed E-state index contributed by atoms with van der Waals surface area (Å²) in [5.74, 6) is 0.759. The summed E-state index contributed by atoms with van der Waals surface area (Å²) < 4.78 is 0. The van der Waals surface area contributed by atoms with Crippen molar-refractivity contribution in [3.05, 3.63) is 105 Å². The third-order valence-electron chi connectivity index (χ3n) is 7.14. The predicted molar refractivity (Wildman–Crippen MR) is 163 cm³/mol. The van der Waals surface area contributed by atoms with Crippen LogP contribution in [0.25, 0.3) is 0 Å². The van der Waals surface area contributed by atoms with E-state index in [2.05, 4.69) is 11.4 Å². The van der Waals surface area contributed by atoms with E-state index in [1.54, 1.807) is 11.0 Å². The van der Waals surface area contributed by atoms with Gasteiger partial charge in [0.1, 0.15) is 6.04 Å². The van der Waals surface area contributed by atoms with Crippen molar-refractivity contribution >= 4 is 46.8 Å². The van der Waals surface area contributed by atoms with E-state index in [-0.39, 0.29) is 23.6 Å². The lowest BCUT2D eigenvalue weighted by molar-refractivity contribution is -0.139. The Labute approximate surface area is 246 Å². The molecule has 1 atom stereocenters. The number of hydrogen-bond donors (Lipinski definition) is 1. The number of rotatable bonds is 11. The van der Waals surface area contributed by atoms with Gasteiger partial charge in [-0.25, -0.2) is 0 Å². The molecule has 0 radical (unpaired) electrons. The molecule has 1 aliphatic carbocycles. The van der Waals surface area contributed by atoms with E-state index in [1.165, 1.54) is 18.2 Å². The molecule has 39 heavy (non-hydrogen) atoms. The minimum atomic E-state index is -0.604. The van der Waals surface area contributed by atoms with Crippen LogP contribution in [0.5, 0.6) is 0 Å². The fraction of sp³-hybridized carbons (Fsp3) is 0.375. The smallest absolute Gasteiger partial charge is 0.243 e. The lowest BCUT2D eigenvalue weighted by Crippen LogP contribution is -2.53. The van der Waals surface area contributed by atoms with E-state index >= 15 is 0 Å². The first-order valence-corrected chi connectivity index (χ1v) is 15.5. The standard InChI is InChI=1S/C32H36Cl2N2O2S/c1-23-9-8-12-25(17-23)20-36(31(37)22-39-21-26-15-16-28(33)29(34)18-26)30(19-24-10-4-2-5-11-24)32(38)35-27-13-6-3-7-14-27/h2,4-5,8-12,15-18,27,30H,3,6-7,13-14,19-22H2,1H3,(H,35,38)/t30-/m1/s1. The van der Waals surface area contributed by atoms with Crippen LogP contribution in [0.2, 0.25) is 10.0 Å².